The number of aromatic amines is 1. The number of fused-ring (bicyclic) bond motifs is 1. The Kier molecular flexibility index (Phi) is 2.72. The van der Waals surface area contributed by atoms with Crippen LogP contribution in [-0.4, -0.2) is 14.5 Å². The van der Waals surface area contributed by atoms with E-state index < -0.39 is 0 Å². The minimum absolute atomic E-state index is 0.712. The van der Waals surface area contributed by atoms with Gasteiger partial charge in [0.15, 0.2) is 10.4 Å². The number of nitrogens with one attached hydrogen (secondary N) is 1. The van der Waals surface area contributed by atoms with Crippen molar-refractivity contribution in [3.8, 4) is 0 Å². The number of hydrogen-bond donors (Lipinski definition) is 1. The highest BCUT2D eigenvalue weighted by Crippen LogP contribution is 2.13. The fourth-order valence-corrected chi connectivity index (χ4v) is 2.27. The first-order chi connectivity index (χ1) is 8.74. The molecule has 0 saturated heterocycles. The van der Waals surface area contributed by atoms with Crippen molar-refractivity contribution in [2.24, 2.45) is 0 Å². The standard InChI is InChI=1S/C14H13N3S/c1-10-4-6-11(7-5-10)9-17-13-12(16-14(17)18)3-2-8-15-13/h2-8H,9H2,1H3,(H,16,18). The molecule has 2 heterocycles. The Morgan fingerprint density at radius 1 is 1.22 bits per heavy atom. The van der Waals surface area contributed by atoms with E-state index in [4.69, 9.17) is 12.2 Å². The summed E-state index contributed by atoms with van der Waals surface area (Å²) >= 11 is 5.35. The second kappa shape index (κ2) is 4.38. The summed E-state index contributed by atoms with van der Waals surface area (Å²) < 4.78 is 2.74. The molecule has 3 aromatic rings. The zero-order valence-electron chi connectivity index (χ0n) is 10.1. The summed E-state index contributed by atoms with van der Waals surface area (Å²) in [5.41, 5.74) is 4.38. The van der Waals surface area contributed by atoms with Crippen molar-refractivity contribution in [3.63, 3.8) is 0 Å². The summed E-state index contributed by atoms with van der Waals surface area (Å²) in [7, 11) is 0. The molecule has 0 amide bonds. The molecule has 0 aliphatic heterocycles. The van der Waals surface area contributed by atoms with Gasteiger partial charge in [-0.25, -0.2) is 4.98 Å². The van der Waals surface area contributed by atoms with Crippen LogP contribution < -0.4 is 0 Å². The number of aromatic nitrogens is 3. The third-order valence-electron chi connectivity index (χ3n) is 2.99. The molecule has 2 aromatic heterocycles. The van der Waals surface area contributed by atoms with Gasteiger partial charge < -0.3 is 4.98 Å². The van der Waals surface area contributed by atoms with Crippen LogP contribution in [0.1, 0.15) is 11.1 Å². The number of aryl methyl sites for hydroxylation is 1. The van der Waals surface area contributed by atoms with E-state index in [0.29, 0.717) is 4.77 Å². The van der Waals surface area contributed by atoms with Crippen molar-refractivity contribution in [3.05, 3.63) is 58.5 Å². The summed E-state index contributed by atoms with van der Waals surface area (Å²) in [5, 5.41) is 0. The van der Waals surface area contributed by atoms with Gasteiger partial charge >= 0.3 is 0 Å². The molecule has 3 rings (SSSR count). The molecular weight excluding hydrogens is 242 g/mol. The minimum Gasteiger partial charge on any atom is -0.329 e. The third-order valence-corrected chi connectivity index (χ3v) is 3.31. The number of benzene rings is 1. The number of H-pyrrole nitrogens is 1. The van der Waals surface area contributed by atoms with Crippen LogP contribution in [0.3, 0.4) is 0 Å². The second-order valence-corrected chi connectivity index (χ2v) is 4.76. The Bertz CT molecular complexity index is 738. The maximum absolute atomic E-state index is 5.35. The summed E-state index contributed by atoms with van der Waals surface area (Å²) in [6.07, 6.45) is 1.79. The minimum atomic E-state index is 0.712. The topological polar surface area (TPSA) is 33.6 Å². The van der Waals surface area contributed by atoms with Crippen LogP contribution in [0, 0.1) is 11.7 Å². The summed E-state index contributed by atoms with van der Waals surface area (Å²) in [6, 6.07) is 12.4. The lowest BCUT2D eigenvalue weighted by atomic mass is 10.1. The van der Waals surface area contributed by atoms with E-state index in [9.17, 15) is 0 Å². The number of pyridine rings is 1. The predicted molar refractivity (Wildman–Crippen MR) is 75.2 cm³/mol. The first-order valence-electron chi connectivity index (χ1n) is 5.83. The summed E-state index contributed by atoms with van der Waals surface area (Å²) in [4.78, 5) is 7.55. The highest BCUT2D eigenvalue weighted by molar-refractivity contribution is 7.71. The van der Waals surface area contributed by atoms with Crippen molar-refractivity contribution in [1.29, 1.82) is 0 Å². The number of nitrogens with zero attached hydrogens (tertiary/aromatic N) is 2. The predicted octanol–water partition coefficient (Wildman–Crippen LogP) is 3.45. The van der Waals surface area contributed by atoms with Gasteiger partial charge in [0.05, 0.1) is 12.1 Å². The molecule has 0 bridgehead atoms. The first kappa shape index (κ1) is 11.2. The van der Waals surface area contributed by atoms with E-state index in [1.165, 1.54) is 11.1 Å². The van der Waals surface area contributed by atoms with E-state index in [1.807, 2.05) is 16.7 Å². The van der Waals surface area contributed by atoms with Gasteiger partial charge in [0.1, 0.15) is 0 Å². The molecule has 1 N–H and O–H groups in total. The maximum Gasteiger partial charge on any atom is 0.179 e. The largest absolute Gasteiger partial charge is 0.329 e. The van der Waals surface area contributed by atoms with Gasteiger partial charge in [0.25, 0.3) is 0 Å². The molecule has 1 aromatic carbocycles. The van der Waals surface area contributed by atoms with Gasteiger partial charge in [-0.2, -0.15) is 0 Å². The highest BCUT2D eigenvalue weighted by Gasteiger charge is 2.05. The van der Waals surface area contributed by atoms with Crippen LogP contribution in [0.15, 0.2) is 42.6 Å². The van der Waals surface area contributed by atoms with Crippen molar-refractivity contribution in [2.45, 2.75) is 13.5 Å². The molecule has 90 valence electrons. The van der Waals surface area contributed by atoms with Crippen molar-refractivity contribution in [1.82, 2.24) is 14.5 Å². The van der Waals surface area contributed by atoms with Gasteiger partial charge in [-0.1, -0.05) is 29.8 Å². The molecular formula is C14H13N3S. The number of imidazole rings is 1. The van der Waals surface area contributed by atoms with Crippen molar-refractivity contribution < 1.29 is 0 Å². The van der Waals surface area contributed by atoms with Crippen LogP contribution in [-0.2, 0) is 6.54 Å². The van der Waals surface area contributed by atoms with Gasteiger partial charge in [0.2, 0.25) is 0 Å². The van der Waals surface area contributed by atoms with Gasteiger partial charge in [-0.3, -0.25) is 4.57 Å². The molecule has 18 heavy (non-hydrogen) atoms. The van der Waals surface area contributed by atoms with E-state index in [2.05, 4.69) is 41.2 Å². The molecule has 0 unspecified atom stereocenters. The smallest absolute Gasteiger partial charge is 0.179 e. The highest BCUT2D eigenvalue weighted by atomic mass is 32.1. The molecule has 0 aliphatic carbocycles. The maximum atomic E-state index is 5.35. The van der Waals surface area contributed by atoms with E-state index >= 15 is 0 Å². The monoisotopic (exact) mass is 255 g/mol. The van der Waals surface area contributed by atoms with Gasteiger partial charge in [-0.05, 0) is 36.8 Å². The van der Waals surface area contributed by atoms with E-state index in [1.54, 1.807) is 6.20 Å². The van der Waals surface area contributed by atoms with Gasteiger partial charge in [0, 0.05) is 6.20 Å². The quantitative estimate of drug-likeness (QED) is 0.712. The average Bonchev–Trinajstić information content (AvgIpc) is 2.69. The number of hydrogen-bond acceptors (Lipinski definition) is 2. The zero-order chi connectivity index (χ0) is 12.5. The Morgan fingerprint density at radius 2 is 2.00 bits per heavy atom. The van der Waals surface area contributed by atoms with Crippen LogP contribution in [0.4, 0.5) is 0 Å². The SMILES string of the molecule is Cc1ccc(Cn2c(=S)[nH]c3cccnc32)cc1. The van der Waals surface area contributed by atoms with Crippen molar-refractivity contribution in [2.75, 3.05) is 0 Å². The van der Waals surface area contributed by atoms with Crippen LogP contribution in [0.5, 0.6) is 0 Å². The molecule has 0 saturated carbocycles. The van der Waals surface area contributed by atoms with E-state index in [-0.39, 0.29) is 0 Å². The fraction of sp³-hybridized carbons (Fsp3) is 0.143. The van der Waals surface area contributed by atoms with Gasteiger partial charge in [-0.15, -0.1) is 0 Å². The second-order valence-electron chi connectivity index (χ2n) is 4.38. The molecule has 3 nitrogen and oxygen atoms in total. The van der Waals surface area contributed by atoms with Crippen molar-refractivity contribution >= 4 is 23.4 Å². The molecule has 0 spiro atoms. The third kappa shape index (κ3) is 1.95. The average molecular weight is 255 g/mol. The lowest BCUT2D eigenvalue weighted by molar-refractivity contribution is 0.800. The zero-order valence-corrected chi connectivity index (χ0v) is 10.9. The normalized spacial score (nSPS) is 10.9. The molecule has 0 aliphatic rings. The van der Waals surface area contributed by atoms with Crippen LogP contribution >= 0.6 is 12.2 Å². The molecule has 4 heteroatoms. The van der Waals surface area contributed by atoms with E-state index in [0.717, 1.165) is 17.7 Å². The molecule has 0 atom stereocenters. The Morgan fingerprint density at radius 3 is 2.78 bits per heavy atom. The van der Waals surface area contributed by atoms with Crippen LogP contribution in [0.2, 0.25) is 0 Å². The van der Waals surface area contributed by atoms with Crippen LogP contribution in [0.25, 0.3) is 11.2 Å². The lowest BCUT2D eigenvalue weighted by Crippen LogP contribution is -2.00. The lowest BCUT2D eigenvalue weighted by Gasteiger charge is -2.04. The Balaban J connectivity index is 2.07. The summed E-state index contributed by atoms with van der Waals surface area (Å²) in [5.74, 6) is 0. The fourth-order valence-electron chi connectivity index (χ4n) is 2.01. The molecule has 0 radical (unpaired) electrons. The number of rotatable bonds is 2. The Hall–Kier alpha value is -1.94. The summed E-state index contributed by atoms with van der Waals surface area (Å²) in [6.45, 7) is 2.83. The molecule has 0 fully saturated rings. The first-order valence-corrected chi connectivity index (χ1v) is 6.24. The Labute approximate surface area is 110 Å².